The lowest BCUT2D eigenvalue weighted by atomic mass is 9.98. The molecule has 2 aliphatic heterocycles. The zero-order chi connectivity index (χ0) is 14.3. The van der Waals surface area contributed by atoms with Crippen LogP contribution in [0.5, 0.6) is 0 Å². The highest BCUT2D eigenvalue weighted by Gasteiger charge is 2.28. The molecule has 110 valence electrons. The van der Waals surface area contributed by atoms with Gasteiger partial charge in [0.15, 0.2) is 9.84 Å². The highest BCUT2D eigenvalue weighted by Crippen LogP contribution is 2.30. The fourth-order valence-electron chi connectivity index (χ4n) is 3.20. The van der Waals surface area contributed by atoms with E-state index in [1.807, 2.05) is 6.92 Å². The van der Waals surface area contributed by atoms with Crippen LogP contribution in [0.1, 0.15) is 25.8 Å². The van der Waals surface area contributed by atoms with E-state index in [1.54, 1.807) is 0 Å². The lowest BCUT2D eigenvalue weighted by Crippen LogP contribution is -2.47. The maximum Gasteiger partial charge on any atom is 0.154 e. The van der Waals surface area contributed by atoms with Gasteiger partial charge >= 0.3 is 0 Å². The molecule has 1 fully saturated rings. The summed E-state index contributed by atoms with van der Waals surface area (Å²) in [5.41, 5.74) is 3.73. The van der Waals surface area contributed by atoms with E-state index in [9.17, 15) is 8.42 Å². The Labute approximate surface area is 121 Å². The van der Waals surface area contributed by atoms with E-state index >= 15 is 0 Å². The molecule has 1 aromatic rings. The number of nitrogens with one attached hydrogen (secondary N) is 1. The molecule has 1 saturated heterocycles. The predicted octanol–water partition coefficient (Wildman–Crippen LogP) is 2.06. The molecular weight excluding hydrogens is 272 g/mol. The second kappa shape index (κ2) is 4.95. The molecule has 1 aromatic carbocycles. The van der Waals surface area contributed by atoms with Crippen LogP contribution in [0.3, 0.4) is 0 Å². The molecule has 0 bridgehead atoms. The van der Waals surface area contributed by atoms with Gasteiger partial charge in [0.1, 0.15) is 0 Å². The lowest BCUT2D eigenvalue weighted by Gasteiger charge is -2.36. The van der Waals surface area contributed by atoms with Crippen LogP contribution < -0.4 is 10.2 Å². The summed E-state index contributed by atoms with van der Waals surface area (Å²) in [7, 11) is -2.85. The summed E-state index contributed by atoms with van der Waals surface area (Å²) in [5.74, 6) is 0.531. The van der Waals surface area contributed by atoms with Gasteiger partial charge in [-0.2, -0.15) is 0 Å². The normalized spacial score (nSPS) is 28.6. The molecular formula is C15H22N2O2S. The van der Waals surface area contributed by atoms with Crippen LogP contribution in [0, 0.1) is 0 Å². The monoisotopic (exact) mass is 294 g/mol. The van der Waals surface area contributed by atoms with Gasteiger partial charge in [0, 0.05) is 30.0 Å². The molecule has 3 rings (SSSR count). The Bertz CT molecular complexity index is 612. The Morgan fingerprint density at radius 2 is 2.10 bits per heavy atom. The van der Waals surface area contributed by atoms with E-state index < -0.39 is 9.84 Å². The number of hydrogen-bond acceptors (Lipinski definition) is 4. The van der Waals surface area contributed by atoms with Crippen LogP contribution in [-0.2, 0) is 16.3 Å². The average Bonchev–Trinajstić information content (AvgIpc) is 2.37. The minimum absolute atomic E-state index is 0.0577. The Hall–Kier alpha value is -1.23. The third-order valence-corrected chi connectivity index (χ3v) is 6.13. The average molecular weight is 294 g/mol. The number of fused-ring (bicyclic) bond motifs is 1. The van der Waals surface area contributed by atoms with E-state index in [0.29, 0.717) is 12.6 Å². The van der Waals surface area contributed by atoms with Crippen LogP contribution >= 0.6 is 0 Å². The van der Waals surface area contributed by atoms with Crippen LogP contribution in [0.2, 0.25) is 0 Å². The molecule has 1 N–H and O–H groups in total. The first kappa shape index (κ1) is 13.7. The van der Waals surface area contributed by atoms with E-state index in [2.05, 4.69) is 35.3 Å². The van der Waals surface area contributed by atoms with E-state index in [0.717, 1.165) is 18.5 Å². The number of anilines is 2. The third kappa shape index (κ3) is 2.64. The van der Waals surface area contributed by atoms with Gasteiger partial charge in [0.05, 0.1) is 11.5 Å². The van der Waals surface area contributed by atoms with Crippen molar-refractivity contribution in [2.24, 2.45) is 0 Å². The van der Waals surface area contributed by atoms with E-state index in [4.69, 9.17) is 0 Å². The predicted molar refractivity (Wildman–Crippen MR) is 83.3 cm³/mol. The molecule has 0 radical (unpaired) electrons. The Morgan fingerprint density at radius 3 is 2.85 bits per heavy atom. The van der Waals surface area contributed by atoms with Gasteiger partial charge in [-0.3, -0.25) is 0 Å². The highest BCUT2D eigenvalue weighted by molar-refractivity contribution is 7.91. The second-order valence-electron chi connectivity index (χ2n) is 6.08. The second-order valence-corrected chi connectivity index (χ2v) is 8.31. The molecule has 0 saturated carbocycles. The first-order valence-electron chi connectivity index (χ1n) is 7.31. The van der Waals surface area contributed by atoms with Gasteiger partial charge in [-0.1, -0.05) is 0 Å². The van der Waals surface area contributed by atoms with Gasteiger partial charge in [-0.05, 0) is 50.5 Å². The maximum atomic E-state index is 11.7. The van der Waals surface area contributed by atoms with Gasteiger partial charge in [0.2, 0.25) is 0 Å². The molecule has 2 heterocycles. The number of benzene rings is 1. The van der Waals surface area contributed by atoms with Crippen molar-refractivity contribution in [2.75, 3.05) is 28.3 Å². The number of sulfone groups is 1. The molecule has 0 spiro atoms. The fraction of sp³-hybridized carbons (Fsp3) is 0.600. The third-order valence-electron chi connectivity index (χ3n) is 4.34. The SMILES string of the molecule is CC1CCc2cc(N3CCS(=O)(=O)CC3C)ccc2N1. The topological polar surface area (TPSA) is 49.4 Å². The Balaban J connectivity index is 1.85. The summed E-state index contributed by atoms with van der Waals surface area (Å²) in [6, 6.07) is 7.06. The van der Waals surface area contributed by atoms with Gasteiger partial charge in [0.25, 0.3) is 0 Å². The first-order valence-corrected chi connectivity index (χ1v) is 9.13. The van der Waals surface area contributed by atoms with Crippen molar-refractivity contribution in [2.45, 2.75) is 38.8 Å². The fourth-order valence-corrected chi connectivity index (χ4v) is 4.75. The smallest absolute Gasteiger partial charge is 0.154 e. The first-order chi connectivity index (χ1) is 9.44. The molecule has 0 amide bonds. The largest absolute Gasteiger partial charge is 0.382 e. The Kier molecular flexibility index (Phi) is 3.40. The number of rotatable bonds is 1. The lowest BCUT2D eigenvalue weighted by molar-refractivity contribution is 0.568. The molecule has 0 aromatic heterocycles. The van der Waals surface area contributed by atoms with Crippen LogP contribution in [-0.4, -0.2) is 38.6 Å². The summed E-state index contributed by atoms with van der Waals surface area (Å²) in [4.78, 5) is 2.22. The molecule has 4 nitrogen and oxygen atoms in total. The van der Waals surface area contributed by atoms with Gasteiger partial charge in [-0.25, -0.2) is 8.42 Å². The van der Waals surface area contributed by atoms with Crippen LogP contribution in [0.4, 0.5) is 11.4 Å². The molecule has 2 unspecified atom stereocenters. The maximum absolute atomic E-state index is 11.7. The summed E-state index contributed by atoms with van der Waals surface area (Å²) in [6.45, 7) is 4.80. The van der Waals surface area contributed by atoms with Crippen molar-refractivity contribution >= 4 is 21.2 Å². The van der Waals surface area contributed by atoms with Gasteiger partial charge < -0.3 is 10.2 Å². The zero-order valence-corrected chi connectivity index (χ0v) is 12.9. The van der Waals surface area contributed by atoms with Crippen molar-refractivity contribution in [3.8, 4) is 0 Å². The minimum Gasteiger partial charge on any atom is -0.382 e. The van der Waals surface area contributed by atoms with Gasteiger partial charge in [-0.15, -0.1) is 0 Å². The molecule has 2 atom stereocenters. The van der Waals surface area contributed by atoms with Crippen molar-refractivity contribution in [3.05, 3.63) is 23.8 Å². The van der Waals surface area contributed by atoms with Crippen molar-refractivity contribution in [1.29, 1.82) is 0 Å². The molecule has 2 aliphatic rings. The quantitative estimate of drug-likeness (QED) is 0.861. The van der Waals surface area contributed by atoms with E-state index in [-0.39, 0.29) is 17.5 Å². The number of aryl methyl sites for hydroxylation is 1. The van der Waals surface area contributed by atoms with Crippen LogP contribution in [0.15, 0.2) is 18.2 Å². The zero-order valence-electron chi connectivity index (χ0n) is 12.1. The summed E-state index contributed by atoms with van der Waals surface area (Å²) < 4.78 is 23.3. The summed E-state index contributed by atoms with van der Waals surface area (Å²) >= 11 is 0. The van der Waals surface area contributed by atoms with Crippen molar-refractivity contribution in [3.63, 3.8) is 0 Å². The van der Waals surface area contributed by atoms with E-state index in [1.165, 1.54) is 11.3 Å². The molecule has 5 heteroatoms. The molecule has 20 heavy (non-hydrogen) atoms. The van der Waals surface area contributed by atoms with Crippen molar-refractivity contribution < 1.29 is 8.42 Å². The van der Waals surface area contributed by atoms with Crippen molar-refractivity contribution in [1.82, 2.24) is 0 Å². The molecule has 0 aliphatic carbocycles. The summed E-state index contributed by atoms with van der Waals surface area (Å²) in [5, 5.41) is 3.50. The Morgan fingerprint density at radius 1 is 1.30 bits per heavy atom. The van der Waals surface area contributed by atoms with Crippen LogP contribution in [0.25, 0.3) is 0 Å². The highest BCUT2D eigenvalue weighted by atomic mass is 32.2. The standard InChI is InChI=1S/C15H22N2O2S/c1-11-3-4-13-9-14(5-6-15(13)16-11)17-7-8-20(18,19)10-12(17)2/h5-6,9,11-12,16H,3-4,7-8,10H2,1-2H3. The minimum atomic E-state index is -2.85. The summed E-state index contributed by atoms with van der Waals surface area (Å²) in [6.07, 6.45) is 2.25. The number of nitrogens with zero attached hydrogens (tertiary/aromatic N) is 1. The number of hydrogen-bond donors (Lipinski definition) is 1.